The summed E-state index contributed by atoms with van der Waals surface area (Å²) >= 11 is 0. The third-order valence-electron chi connectivity index (χ3n) is 3.53. The van der Waals surface area contributed by atoms with Crippen LogP contribution < -0.4 is 4.18 Å². The van der Waals surface area contributed by atoms with Gasteiger partial charge in [-0.25, -0.2) is 13.2 Å². The van der Waals surface area contributed by atoms with Crippen molar-refractivity contribution in [3.8, 4) is 11.5 Å². The number of aromatic carboxylic acids is 1. The number of ketones is 2. The monoisotopic (exact) mass is 363 g/mol. The van der Waals surface area contributed by atoms with Gasteiger partial charge in [-0.15, -0.1) is 0 Å². The largest absolute Gasteiger partial charge is 0.716 e. The van der Waals surface area contributed by atoms with E-state index in [2.05, 4.69) is 4.18 Å². The highest BCUT2D eigenvalue weighted by atomic mass is 32.3. The summed E-state index contributed by atoms with van der Waals surface area (Å²) in [6.45, 7) is 0. The van der Waals surface area contributed by atoms with E-state index in [9.17, 15) is 32.5 Å². The van der Waals surface area contributed by atoms with Gasteiger partial charge in [0.1, 0.15) is 5.75 Å². The first-order valence-electron chi connectivity index (χ1n) is 6.58. The molecule has 0 spiro atoms. The molecule has 9 nitrogen and oxygen atoms in total. The number of carboxylic acid groups (broad SMARTS) is 1. The second-order valence-corrected chi connectivity index (χ2v) is 6.03. The van der Waals surface area contributed by atoms with Crippen LogP contribution in [-0.4, -0.2) is 40.7 Å². The standard InChI is InChI=1S/C15H8O9S/c16-9-3-1-2-7-11(9)14(18)12-8(13(7)17)4-6(15(19)20)5-10(12)24-25(21,22)23/h1-5,16H,(H,19,20)(H,21,22,23)/p-1. The van der Waals surface area contributed by atoms with E-state index in [0.29, 0.717) is 6.07 Å². The molecule has 0 aliphatic heterocycles. The zero-order chi connectivity index (χ0) is 18.5. The van der Waals surface area contributed by atoms with Crippen LogP contribution >= 0.6 is 0 Å². The third-order valence-corrected chi connectivity index (χ3v) is 3.91. The Hall–Kier alpha value is -3.24. The highest BCUT2D eigenvalue weighted by Gasteiger charge is 2.36. The lowest BCUT2D eigenvalue weighted by Gasteiger charge is -2.21. The van der Waals surface area contributed by atoms with Crippen LogP contribution in [0.3, 0.4) is 0 Å². The molecular weight excluding hydrogens is 356 g/mol. The van der Waals surface area contributed by atoms with E-state index in [1.807, 2.05) is 0 Å². The van der Waals surface area contributed by atoms with Crippen molar-refractivity contribution < 1.29 is 41.8 Å². The molecule has 0 bridgehead atoms. The molecule has 2 aromatic carbocycles. The second-order valence-electron chi connectivity index (χ2n) is 5.05. The van der Waals surface area contributed by atoms with Crippen molar-refractivity contribution >= 4 is 27.9 Å². The average Bonchev–Trinajstić information content (AvgIpc) is 2.50. The summed E-state index contributed by atoms with van der Waals surface area (Å²) < 4.78 is 36.9. The molecule has 10 heteroatoms. The summed E-state index contributed by atoms with van der Waals surface area (Å²) in [5, 5.41) is 18.9. The molecule has 1 aliphatic rings. The molecule has 0 heterocycles. The summed E-state index contributed by atoms with van der Waals surface area (Å²) in [4.78, 5) is 36.4. The highest BCUT2D eigenvalue weighted by molar-refractivity contribution is 7.81. The maximum Gasteiger partial charge on any atom is 0.335 e. The molecule has 1 aliphatic carbocycles. The minimum absolute atomic E-state index is 0.184. The van der Waals surface area contributed by atoms with E-state index in [-0.39, 0.29) is 5.56 Å². The summed E-state index contributed by atoms with van der Waals surface area (Å²) in [6.07, 6.45) is 0. The average molecular weight is 363 g/mol. The van der Waals surface area contributed by atoms with Crippen molar-refractivity contribution in [1.29, 1.82) is 0 Å². The van der Waals surface area contributed by atoms with Gasteiger partial charge < -0.3 is 18.9 Å². The van der Waals surface area contributed by atoms with E-state index in [4.69, 9.17) is 5.11 Å². The van der Waals surface area contributed by atoms with Crippen LogP contribution in [0.5, 0.6) is 11.5 Å². The van der Waals surface area contributed by atoms with Gasteiger partial charge >= 0.3 is 5.97 Å². The smallest absolute Gasteiger partial charge is 0.335 e. The Morgan fingerprint density at radius 3 is 2.32 bits per heavy atom. The molecule has 0 amide bonds. The van der Waals surface area contributed by atoms with Crippen LogP contribution in [0.1, 0.15) is 42.2 Å². The first-order valence-corrected chi connectivity index (χ1v) is 7.91. The zero-order valence-electron chi connectivity index (χ0n) is 12.0. The predicted molar refractivity (Wildman–Crippen MR) is 78.7 cm³/mol. The van der Waals surface area contributed by atoms with Crippen molar-refractivity contribution in [2.45, 2.75) is 0 Å². The number of carboxylic acids is 1. The number of benzene rings is 2. The molecule has 0 saturated heterocycles. The minimum atomic E-state index is -5.35. The van der Waals surface area contributed by atoms with Crippen molar-refractivity contribution in [3.05, 3.63) is 58.1 Å². The van der Waals surface area contributed by atoms with Gasteiger partial charge in [0.25, 0.3) is 10.4 Å². The molecule has 2 N–H and O–H groups in total. The molecule has 0 fully saturated rings. The Morgan fingerprint density at radius 2 is 1.72 bits per heavy atom. The van der Waals surface area contributed by atoms with Gasteiger partial charge in [-0.1, -0.05) is 12.1 Å². The van der Waals surface area contributed by atoms with E-state index in [0.717, 1.165) is 12.1 Å². The molecule has 0 saturated carbocycles. The fourth-order valence-electron chi connectivity index (χ4n) is 2.57. The quantitative estimate of drug-likeness (QED) is 0.504. The molecule has 25 heavy (non-hydrogen) atoms. The lowest BCUT2D eigenvalue weighted by molar-refractivity contribution is 0.0695. The van der Waals surface area contributed by atoms with E-state index < -0.39 is 61.7 Å². The number of carbonyl (C=O) groups excluding carboxylic acids is 2. The van der Waals surface area contributed by atoms with Gasteiger partial charge in [0.15, 0.2) is 11.5 Å². The zero-order valence-corrected chi connectivity index (χ0v) is 12.9. The Morgan fingerprint density at radius 1 is 1.04 bits per heavy atom. The lowest BCUT2D eigenvalue weighted by Crippen LogP contribution is -2.24. The molecular formula is C15H7O9S-. The molecule has 0 atom stereocenters. The molecule has 0 radical (unpaired) electrons. The minimum Gasteiger partial charge on any atom is -0.716 e. The number of aromatic hydroxyl groups is 1. The number of hydrogen-bond donors (Lipinski definition) is 2. The molecule has 3 rings (SSSR count). The van der Waals surface area contributed by atoms with Crippen molar-refractivity contribution in [2.24, 2.45) is 0 Å². The van der Waals surface area contributed by atoms with Gasteiger partial charge in [0, 0.05) is 11.1 Å². The highest BCUT2D eigenvalue weighted by Crippen LogP contribution is 2.38. The Balaban J connectivity index is 2.37. The van der Waals surface area contributed by atoms with Crippen LogP contribution in [-0.2, 0) is 10.4 Å². The number of rotatable bonds is 3. The maximum absolute atomic E-state index is 12.6. The SMILES string of the molecule is O=C(O)c1cc(OS(=O)(=O)[O-])c2c(c1)C(=O)c1cccc(O)c1C2=O. The van der Waals surface area contributed by atoms with Crippen LogP contribution in [0.2, 0.25) is 0 Å². The van der Waals surface area contributed by atoms with Crippen molar-refractivity contribution in [1.82, 2.24) is 0 Å². The summed E-state index contributed by atoms with van der Waals surface area (Å²) in [6, 6.07) is 5.22. The van der Waals surface area contributed by atoms with Gasteiger partial charge in [-0.2, -0.15) is 0 Å². The van der Waals surface area contributed by atoms with Gasteiger partial charge in [-0.3, -0.25) is 9.59 Å². The number of hydrogen-bond acceptors (Lipinski definition) is 8. The molecule has 128 valence electrons. The topological polar surface area (TPSA) is 158 Å². The Kier molecular flexibility index (Phi) is 3.59. The lowest BCUT2D eigenvalue weighted by atomic mass is 9.82. The fourth-order valence-corrected chi connectivity index (χ4v) is 2.92. The predicted octanol–water partition coefficient (Wildman–Crippen LogP) is 0.705. The van der Waals surface area contributed by atoms with Crippen LogP contribution in [0, 0.1) is 0 Å². The summed E-state index contributed by atoms with van der Waals surface area (Å²) in [5.41, 5.74) is -2.18. The van der Waals surface area contributed by atoms with E-state index in [1.54, 1.807) is 0 Å². The first kappa shape index (κ1) is 16.6. The molecule has 2 aromatic rings. The van der Waals surface area contributed by atoms with Crippen molar-refractivity contribution in [2.75, 3.05) is 0 Å². The third kappa shape index (κ3) is 2.73. The Labute approximate surface area is 140 Å². The summed E-state index contributed by atoms with van der Waals surface area (Å²) in [5.74, 6) is -4.75. The van der Waals surface area contributed by atoms with Gasteiger partial charge in [0.05, 0.1) is 16.7 Å². The van der Waals surface area contributed by atoms with E-state index >= 15 is 0 Å². The molecule has 0 aromatic heterocycles. The number of phenols is 1. The number of fused-ring (bicyclic) bond motifs is 2. The van der Waals surface area contributed by atoms with Crippen LogP contribution in [0.15, 0.2) is 30.3 Å². The van der Waals surface area contributed by atoms with Crippen molar-refractivity contribution in [3.63, 3.8) is 0 Å². The van der Waals surface area contributed by atoms with Crippen LogP contribution in [0.4, 0.5) is 0 Å². The van der Waals surface area contributed by atoms with E-state index in [1.165, 1.54) is 12.1 Å². The molecule has 0 unspecified atom stereocenters. The number of carbonyl (C=O) groups is 3. The summed E-state index contributed by atoms with van der Waals surface area (Å²) in [7, 11) is -5.35. The second kappa shape index (κ2) is 5.40. The fraction of sp³-hybridized carbons (Fsp3) is 0. The number of phenolic OH excluding ortho intramolecular Hbond substituents is 1. The van der Waals surface area contributed by atoms with Gasteiger partial charge in [0.2, 0.25) is 5.78 Å². The van der Waals surface area contributed by atoms with Gasteiger partial charge in [-0.05, 0) is 18.2 Å². The maximum atomic E-state index is 12.6. The normalized spacial score (nSPS) is 13.2. The first-order chi connectivity index (χ1) is 11.6. The van der Waals surface area contributed by atoms with Crippen LogP contribution in [0.25, 0.3) is 0 Å². The Bertz CT molecular complexity index is 1070.